The van der Waals surface area contributed by atoms with Crippen LogP contribution in [0.25, 0.3) is 5.57 Å². The molecule has 1 aromatic carbocycles. The second kappa shape index (κ2) is 5.65. The van der Waals surface area contributed by atoms with Gasteiger partial charge in [0.15, 0.2) is 0 Å². The number of ether oxygens (including phenoxy) is 1. The van der Waals surface area contributed by atoms with Crippen molar-refractivity contribution < 1.29 is 4.74 Å². The number of methoxy groups -OCH3 is 1. The molecule has 2 rings (SSSR count). The van der Waals surface area contributed by atoms with Crippen molar-refractivity contribution in [1.29, 1.82) is 5.26 Å². The first-order valence-electron chi connectivity index (χ1n) is 5.55. The molecule has 5 nitrogen and oxygen atoms in total. The lowest BCUT2D eigenvalue weighted by molar-refractivity contribution is 0.415. The Morgan fingerprint density at radius 1 is 1.26 bits per heavy atom. The van der Waals surface area contributed by atoms with Crippen LogP contribution < -0.4 is 10.1 Å². The van der Waals surface area contributed by atoms with Crippen molar-refractivity contribution in [3.05, 3.63) is 48.8 Å². The molecule has 0 aliphatic rings. The summed E-state index contributed by atoms with van der Waals surface area (Å²) in [5, 5.41) is 11.8. The molecule has 19 heavy (non-hydrogen) atoms. The fourth-order valence-corrected chi connectivity index (χ4v) is 1.42. The lowest BCUT2D eigenvalue weighted by Gasteiger charge is -2.06. The number of hydrogen-bond donors (Lipinski definition) is 1. The number of nitrogens with one attached hydrogen (secondary N) is 1. The topological polar surface area (TPSA) is 70.8 Å². The Bertz CT molecular complexity index is 611. The molecule has 0 atom stereocenters. The molecule has 0 aliphatic carbocycles. The largest absolute Gasteiger partial charge is 0.497 e. The number of rotatable bonds is 4. The molecular formula is C14H12N4O. The van der Waals surface area contributed by atoms with E-state index >= 15 is 0 Å². The van der Waals surface area contributed by atoms with Gasteiger partial charge in [-0.3, -0.25) is 0 Å². The molecule has 0 spiro atoms. The maximum atomic E-state index is 8.71. The van der Waals surface area contributed by atoms with Gasteiger partial charge in [0.2, 0.25) is 5.95 Å². The van der Waals surface area contributed by atoms with Gasteiger partial charge >= 0.3 is 0 Å². The number of nitriles is 1. The minimum atomic E-state index is 0.344. The third kappa shape index (κ3) is 3.07. The van der Waals surface area contributed by atoms with Crippen LogP contribution >= 0.6 is 0 Å². The van der Waals surface area contributed by atoms with Crippen molar-refractivity contribution in [2.24, 2.45) is 0 Å². The Hall–Kier alpha value is -2.87. The first-order chi connectivity index (χ1) is 9.22. The number of anilines is 2. The zero-order chi connectivity index (χ0) is 13.7. The highest BCUT2D eigenvalue weighted by atomic mass is 16.5. The second-order valence-corrected chi connectivity index (χ2v) is 3.74. The molecule has 0 unspecified atom stereocenters. The Morgan fingerprint density at radius 3 is 2.42 bits per heavy atom. The molecular weight excluding hydrogens is 240 g/mol. The Morgan fingerprint density at radius 2 is 1.89 bits per heavy atom. The van der Waals surface area contributed by atoms with E-state index in [4.69, 9.17) is 10.00 Å². The summed E-state index contributed by atoms with van der Waals surface area (Å²) < 4.78 is 5.07. The highest BCUT2D eigenvalue weighted by Crippen LogP contribution is 2.18. The fourth-order valence-electron chi connectivity index (χ4n) is 1.42. The van der Waals surface area contributed by atoms with Crippen molar-refractivity contribution in [3.63, 3.8) is 0 Å². The van der Waals surface area contributed by atoms with Crippen LogP contribution in [0.1, 0.15) is 5.56 Å². The maximum Gasteiger partial charge on any atom is 0.227 e. The highest BCUT2D eigenvalue weighted by molar-refractivity contribution is 5.73. The lowest BCUT2D eigenvalue weighted by Crippen LogP contribution is -1.97. The third-order valence-corrected chi connectivity index (χ3v) is 2.48. The van der Waals surface area contributed by atoms with Crippen molar-refractivity contribution in [2.75, 3.05) is 12.4 Å². The van der Waals surface area contributed by atoms with Crippen LogP contribution in [0.5, 0.6) is 5.75 Å². The predicted molar refractivity (Wildman–Crippen MR) is 73.0 cm³/mol. The zero-order valence-corrected chi connectivity index (χ0v) is 10.4. The van der Waals surface area contributed by atoms with E-state index < -0.39 is 0 Å². The van der Waals surface area contributed by atoms with Gasteiger partial charge in [-0.15, -0.1) is 0 Å². The van der Waals surface area contributed by atoms with Gasteiger partial charge in [-0.05, 0) is 24.3 Å². The van der Waals surface area contributed by atoms with Crippen molar-refractivity contribution in [1.82, 2.24) is 9.97 Å². The Labute approximate surface area is 111 Å². The van der Waals surface area contributed by atoms with Crippen LogP contribution in [0.3, 0.4) is 0 Å². The minimum Gasteiger partial charge on any atom is -0.497 e. The Balaban J connectivity index is 2.10. The molecule has 0 saturated heterocycles. The van der Waals surface area contributed by atoms with E-state index in [9.17, 15) is 0 Å². The smallest absolute Gasteiger partial charge is 0.227 e. The standard InChI is InChI=1S/C14H12N4O/c1-10(7-15)11-8-16-14(17-9-11)18-12-3-5-13(19-2)6-4-12/h3-6,8-9H,1H2,2H3,(H,16,17,18). The van der Waals surface area contributed by atoms with Crippen molar-refractivity contribution in [2.45, 2.75) is 0 Å². The van der Waals surface area contributed by atoms with Gasteiger partial charge in [0.25, 0.3) is 0 Å². The SMILES string of the molecule is C=C(C#N)c1cnc(Nc2ccc(OC)cc2)nc1. The molecule has 5 heteroatoms. The minimum absolute atomic E-state index is 0.344. The van der Waals surface area contributed by atoms with Crippen LogP contribution in [0.2, 0.25) is 0 Å². The van der Waals surface area contributed by atoms with Gasteiger partial charge in [-0.2, -0.15) is 5.26 Å². The summed E-state index contributed by atoms with van der Waals surface area (Å²) in [7, 11) is 1.62. The molecule has 0 aliphatic heterocycles. The first kappa shape index (κ1) is 12.6. The van der Waals surface area contributed by atoms with Gasteiger partial charge in [-0.1, -0.05) is 6.58 Å². The monoisotopic (exact) mass is 252 g/mol. The number of allylic oxidation sites excluding steroid dienone is 1. The molecule has 0 saturated carbocycles. The summed E-state index contributed by atoms with van der Waals surface area (Å²) in [4.78, 5) is 8.24. The van der Waals surface area contributed by atoms with Crippen molar-refractivity contribution in [3.8, 4) is 11.8 Å². The lowest BCUT2D eigenvalue weighted by atomic mass is 10.2. The average molecular weight is 252 g/mol. The Kier molecular flexibility index (Phi) is 3.74. The van der Waals surface area contributed by atoms with Crippen LogP contribution in [0.15, 0.2) is 43.2 Å². The zero-order valence-electron chi connectivity index (χ0n) is 10.4. The van der Waals surface area contributed by atoms with E-state index in [1.807, 2.05) is 30.3 Å². The maximum absolute atomic E-state index is 8.71. The van der Waals surface area contributed by atoms with Crippen LogP contribution in [0, 0.1) is 11.3 Å². The molecule has 1 heterocycles. The molecule has 94 valence electrons. The molecule has 2 aromatic rings. The van der Waals surface area contributed by atoms with Gasteiger partial charge < -0.3 is 10.1 Å². The van der Waals surface area contributed by atoms with Crippen LogP contribution in [-0.4, -0.2) is 17.1 Å². The van der Waals surface area contributed by atoms with Gasteiger partial charge in [0, 0.05) is 23.6 Å². The van der Waals surface area contributed by atoms with Crippen molar-refractivity contribution >= 4 is 17.2 Å². The molecule has 1 aromatic heterocycles. The third-order valence-electron chi connectivity index (χ3n) is 2.48. The molecule has 0 bridgehead atoms. The summed E-state index contributed by atoms with van der Waals surface area (Å²) >= 11 is 0. The van der Waals surface area contributed by atoms with Gasteiger partial charge in [-0.25, -0.2) is 9.97 Å². The summed E-state index contributed by atoms with van der Waals surface area (Å²) in [6, 6.07) is 9.37. The highest BCUT2D eigenvalue weighted by Gasteiger charge is 2.01. The number of benzene rings is 1. The summed E-state index contributed by atoms with van der Waals surface area (Å²) in [5.74, 6) is 1.24. The van der Waals surface area contributed by atoms with E-state index in [0.29, 0.717) is 17.1 Å². The second-order valence-electron chi connectivity index (χ2n) is 3.74. The quantitative estimate of drug-likeness (QED) is 0.847. The van der Waals surface area contributed by atoms with Crippen LogP contribution in [0.4, 0.5) is 11.6 Å². The van der Waals surface area contributed by atoms with E-state index in [1.54, 1.807) is 19.5 Å². The van der Waals surface area contributed by atoms with Crippen LogP contribution in [-0.2, 0) is 0 Å². The summed E-state index contributed by atoms with van der Waals surface area (Å²) in [6.45, 7) is 3.60. The van der Waals surface area contributed by atoms with E-state index in [2.05, 4.69) is 21.9 Å². The predicted octanol–water partition coefficient (Wildman–Crippen LogP) is 2.77. The number of aromatic nitrogens is 2. The normalized spacial score (nSPS) is 9.47. The number of nitrogens with zero attached hydrogens (tertiary/aromatic N) is 3. The molecule has 0 fully saturated rings. The number of hydrogen-bond acceptors (Lipinski definition) is 5. The molecule has 0 amide bonds. The van der Waals surface area contributed by atoms with Gasteiger partial charge in [0.05, 0.1) is 18.8 Å². The summed E-state index contributed by atoms with van der Waals surface area (Å²) in [5.41, 5.74) is 1.81. The van der Waals surface area contributed by atoms with E-state index in [1.165, 1.54) is 0 Å². The average Bonchev–Trinajstić information content (AvgIpc) is 2.48. The fraction of sp³-hybridized carbons (Fsp3) is 0.0714. The van der Waals surface area contributed by atoms with E-state index in [-0.39, 0.29) is 0 Å². The van der Waals surface area contributed by atoms with E-state index in [0.717, 1.165) is 11.4 Å². The first-order valence-corrected chi connectivity index (χ1v) is 5.55. The summed E-state index contributed by atoms with van der Waals surface area (Å²) in [6.07, 6.45) is 3.12. The molecule has 1 N–H and O–H groups in total. The van der Waals surface area contributed by atoms with Gasteiger partial charge in [0.1, 0.15) is 5.75 Å². The molecule has 0 radical (unpaired) electrons.